The van der Waals surface area contributed by atoms with E-state index in [0.29, 0.717) is 57.2 Å². The number of hydrogen-bond donors (Lipinski definition) is 1. The van der Waals surface area contributed by atoms with E-state index in [2.05, 4.69) is 22.0 Å². The van der Waals surface area contributed by atoms with Crippen molar-refractivity contribution >= 4 is 33.3 Å². The van der Waals surface area contributed by atoms with E-state index in [1.807, 2.05) is 24.3 Å². The van der Waals surface area contributed by atoms with Crippen molar-refractivity contribution in [3.63, 3.8) is 0 Å². The number of carbonyl (C=O) groups is 1. The number of ether oxygens (including phenoxy) is 3. The van der Waals surface area contributed by atoms with E-state index in [9.17, 15) is 10.1 Å². The van der Waals surface area contributed by atoms with Crippen molar-refractivity contribution in [1.29, 1.82) is 5.26 Å². The summed E-state index contributed by atoms with van der Waals surface area (Å²) in [5.41, 5.74) is 8.34. The Kier molecular flexibility index (Phi) is 6.45. The third-order valence-electron chi connectivity index (χ3n) is 5.46. The van der Waals surface area contributed by atoms with Crippen LogP contribution in [0.15, 0.2) is 63.7 Å². The van der Waals surface area contributed by atoms with Gasteiger partial charge in [-0.3, -0.25) is 4.79 Å². The fourth-order valence-electron chi connectivity index (χ4n) is 4.02. The molecule has 1 aliphatic heterocycles. The molecular weight excluding hydrogens is 496 g/mol. The number of ketones is 1. The van der Waals surface area contributed by atoms with Gasteiger partial charge >= 0.3 is 0 Å². The third-order valence-corrected chi connectivity index (χ3v) is 6.29. The maximum Gasteiger partial charge on any atom is 0.205 e. The highest BCUT2D eigenvalue weighted by Gasteiger charge is 2.38. The Hall–Kier alpha value is -2.95. The maximum absolute atomic E-state index is 12.8. The number of allylic oxidation sites excluding steroid dienone is 3. The smallest absolute Gasteiger partial charge is 0.205 e. The average Bonchev–Trinajstić information content (AvgIpc) is 2.77. The zero-order valence-electron chi connectivity index (χ0n) is 17.3. The molecular formula is C24H20BrClN2O4. The number of hydrogen-bond acceptors (Lipinski definition) is 6. The third kappa shape index (κ3) is 4.21. The summed E-state index contributed by atoms with van der Waals surface area (Å²) >= 11 is 9.62. The lowest BCUT2D eigenvalue weighted by Gasteiger charge is -2.31. The van der Waals surface area contributed by atoms with Crippen LogP contribution in [0.4, 0.5) is 0 Å². The molecule has 0 bridgehead atoms. The van der Waals surface area contributed by atoms with Gasteiger partial charge in [-0.25, -0.2) is 0 Å². The second kappa shape index (κ2) is 9.27. The van der Waals surface area contributed by atoms with Crippen molar-refractivity contribution in [2.45, 2.75) is 31.8 Å². The molecule has 2 N–H and O–H groups in total. The number of nitrogens with two attached hydrogens (primary N) is 1. The fourth-order valence-corrected chi connectivity index (χ4v) is 4.81. The number of methoxy groups -OCH3 is 1. The zero-order chi connectivity index (χ0) is 22.8. The average molecular weight is 516 g/mol. The standard InChI is InChI=1S/C24H20BrClN2O4/c1-30-20-10-14(9-17(25)23(20)31-12-13-4-2-5-15(26)8-13)21-16(11-27)24(28)32-19-7-3-6-18(29)22(19)21/h2,4-5,8-10,21H,3,6-7,12,28H2,1H3/t21-/m0/s1. The Bertz CT molecular complexity index is 1200. The summed E-state index contributed by atoms with van der Waals surface area (Å²) in [6, 6.07) is 13.1. The molecule has 0 amide bonds. The van der Waals surface area contributed by atoms with Gasteiger partial charge in [0.15, 0.2) is 17.3 Å². The lowest BCUT2D eigenvalue weighted by atomic mass is 9.77. The van der Waals surface area contributed by atoms with Crippen LogP contribution < -0.4 is 15.2 Å². The van der Waals surface area contributed by atoms with Crippen molar-refractivity contribution in [2.75, 3.05) is 7.11 Å². The minimum Gasteiger partial charge on any atom is -0.493 e. The zero-order valence-corrected chi connectivity index (χ0v) is 19.6. The minimum absolute atomic E-state index is 0.0299. The fraction of sp³-hybridized carbons (Fsp3) is 0.250. The van der Waals surface area contributed by atoms with E-state index >= 15 is 0 Å². The number of nitriles is 1. The SMILES string of the molecule is COc1cc([C@H]2C(C#N)=C(N)OC3=C2C(=O)CCC3)cc(Br)c1OCc1cccc(Cl)c1. The van der Waals surface area contributed by atoms with Crippen LogP contribution in [-0.4, -0.2) is 12.9 Å². The lowest BCUT2D eigenvalue weighted by molar-refractivity contribution is -0.116. The molecule has 0 aromatic heterocycles. The van der Waals surface area contributed by atoms with Gasteiger partial charge < -0.3 is 19.9 Å². The van der Waals surface area contributed by atoms with Gasteiger partial charge in [0.1, 0.15) is 24.0 Å². The number of halogens is 2. The first-order valence-corrected chi connectivity index (χ1v) is 11.2. The first-order valence-electron chi connectivity index (χ1n) is 10.0. The lowest BCUT2D eigenvalue weighted by Crippen LogP contribution is -2.27. The second-order valence-electron chi connectivity index (χ2n) is 7.49. The van der Waals surface area contributed by atoms with E-state index in [1.165, 1.54) is 7.11 Å². The van der Waals surface area contributed by atoms with E-state index in [0.717, 1.165) is 5.56 Å². The first kappa shape index (κ1) is 22.3. The summed E-state index contributed by atoms with van der Waals surface area (Å²) in [4.78, 5) is 12.8. The second-order valence-corrected chi connectivity index (χ2v) is 8.78. The molecule has 0 fully saturated rings. The molecule has 1 atom stereocenters. The molecule has 2 aromatic carbocycles. The van der Waals surface area contributed by atoms with Crippen molar-refractivity contribution < 1.29 is 19.0 Å². The quantitative estimate of drug-likeness (QED) is 0.565. The Balaban J connectivity index is 1.74. The molecule has 1 aliphatic carbocycles. The summed E-state index contributed by atoms with van der Waals surface area (Å²) in [6.07, 6.45) is 1.72. The molecule has 0 spiro atoms. The van der Waals surface area contributed by atoms with E-state index < -0.39 is 5.92 Å². The number of rotatable bonds is 5. The molecule has 8 heteroatoms. The predicted molar refractivity (Wildman–Crippen MR) is 123 cm³/mol. The molecule has 4 rings (SSSR count). The minimum atomic E-state index is -0.622. The van der Waals surface area contributed by atoms with Crippen LogP contribution in [0.3, 0.4) is 0 Å². The maximum atomic E-state index is 12.8. The van der Waals surface area contributed by atoms with E-state index in [4.69, 9.17) is 31.5 Å². The van der Waals surface area contributed by atoms with Gasteiger partial charge in [0.05, 0.1) is 17.5 Å². The topological polar surface area (TPSA) is 94.6 Å². The molecule has 6 nitrogen and oxygen atoms in total. The van der Waals surface area contributed by atoms with E-state index in [1.54, 1.807) is 12.1 Å². The Morgan fingerprint density at radius 2 is 2.12 bits per heavy atom. The predicted octanol–water partition coefficient (Wildman–Crippen LogP) is 5.50. The van der Waals surface area contributed by atoms with Crippen LogP contribution in [0, 0.1) is 11.3 Å². The van der Waals surface area contributed by atoms with Crippen molar-refractivity contribution in [2.24, 2.45) is 5.73 Å². The number of benzene rings is 2. The summed E-state index contributed by atoms with van der Waals surface area (Å²) in [6.45, 7) is 0.288. The number of nitrogens with zero attached hydrogens (tertiary/aromatic N) is 1. The van der Waals surface area contributed by atoms with Crippen molar-refractivity contribution in [3.05, 3.63) is 79.8 Å². The van der Waals surface area contributed by atoms with Crippen LogP contribution in [0.5, 0.6) is 11.5 Å². The van der Waals surface area contributed by atoms with Gasteiger partial charge in [-0.1, -0.05) is 23.7 Å². The molecule has 1 heterocycles. The highest BCUT2D eigenvalue weighted by molar-refractivity contribution is 9.10. The molecule has 32 heavy (non-hydrogen) atoms. The van der Waals surface area contributed by atoms with Gasteiger partial charge in [0.25, 0.3) is 0 Å². The number of carbonyl (C=O) groups excluding carboxylic acids is 1. The van der Waals surface area contributed by atoms with Gasteiger partial charge in [0, 0.05) is 23.4 Å². The molecule has 2 aliphatic rings. The van der Waals surface area contributed by atoms with Crippen LogP contribution in [0.1, 0.15) is 36.3 Å². The highest BCUT2D eigenvalue weighted by atomic mass is 79.9. The van der Waals surface area contributed by atoms with Crippen LogP contribution in [0.25, 0.3) is 0 Å². The summed E-state index contributed by atoms with van der Waals surface area (Å²) in [5.74, 6) is 0.880. The van der Waals surface area contributed by atoms with E-state index in [-0.39, 0.29) is 23.8 Å². The summed E-state index contributed by atoms with van der Waals surface area (Å²) < 4.78 is 17.9. The van der Waals surface area contributed by atoms with Crippen LogP contribution >= 0.6 is 27.5 Å². The van der Waals surface area contributed by atoms with Crippen molar-refractivity contribution in [1.82, 2.24) is 0 Å². The molecule has 0 saturated heterocycles. The van der Waals surface area contributed by atoms with Gasteiger partial charge in [-0.05, 0) is 57.7 Å². The molecule has 0 unspecified atom stereocenters. The largest absolute Gasteiger partial charge is 0.493 e. The Morgan fingerprint density at radius 1 is 1.31 bits per heavy atom. The Labute approximate surface area is 199 Å². The normalized spacial score (nSPS) is 18.1. The molecule has 0 saturated carbocycles. The molecule has 164 valence electrons. The summed E-state index contributed by atoms with van der Waals surface area (Å²) in [7, 11) is 1.54. The van der Waals surface area contributed by atoms with Gasteiger partial charge in [0.2, 0.25) is 5.88 Å². The van der Waals surface area contributed by atoms with Crippen LogP contribution in [0.2, 0.25) is 5.02 Å². The number of Topliss-reactive ketones (excluding diaryl/α,β-unsaturated/α-hetero) is 1. The Morgan fingerprint density at radius 3 is 2.84 bits per heavy atom. The molecule has 2 aromatic rings. The van der Waals surface area contributed by atoms with Crippen LogP contribution in [-0.2, 0) is 16.1 Å². The summed E-state index contributed by atoms with van der Waals surface area (Å²) in [5, 5.41) is 10.4. The first-order chi connectivity index (χ1) is 15.4. The molecule has 0 radical (unpaired) electrons. The monoisotopic (exact) mass is 514 g/mol. The highest BCUT2D eigenvalue weighted by Crippen LogP contribution is 2.47. The van der Waals surface area contributed by atoms with Gasteiger partial charge in [-0.15, -0.1) is 0 Å². The van der Waals surface area contributed by atoms with Gasteiger partial charge in [-0.2, -0.15) is 5.26 Å². The van der Waals surface area contributed by atoms with Crippen molar-refractivity contribution in [3.8, 4) is 17.6 Å².